The third-order valence-corrected chi connectivity index (χ3v) is 2.28. The summed E-state index contributed by atoms with van der Waals surface area (Å²) < 4.78 is 74.2. The number of nitrogens with two attached hydrogens (primary N) is 1. The average molecular weight is 280 g/mol. The molecule has 0 aromatic heterocycles. The normalized spacial score (nSPS) is 21.5. The Labute approximate surface area is 95.2 Å². The van der Waals surface area contributed by atoms with Gasteiger partial charge in [0.2, 0.25) is 0 Å². The SMILES string of the molecule is NC(=O)C1=NOC(C(O)(C(F)(F)F)C(F)(F)F)C1. The maximum absolute atomic E-state index is 12.4. The van der Waals surface area contributed by atoms with Crippen LogP contribution in [0.4, 0.5) is 26.3 Å². The van der Waals surface area contributed by atoms with Crippen LogP contribution in [-0.4, -0.2) is 40.8 Å². The fourth-order valence-electron chi connectivity index (χ4n) is 1.27. The van der Waals surface area contributed by atoms with E-state index >= 15 is 0 Å². The van der Waals surface area contributed by atoms with Gasteiger partial charge in [-0.25, -0.2) is 0 Å². The van der Waals surface area contributed by atoms with E-state index in [-0.39, 0.29) is 0 Å². The molecule has 1 atom stereocenters. The summed E-state index contributed by atoms with van der Waals surface area (Å²) in [5.41, 5.74) is -1.31. The third-order valence-electron chi connectivity index (χ3n) is 2.28. The molecule has 0 saturated heterocycles. The highest BCUT2D eigenvalue weighted by molar-refractivity contribution is 6.38. The Kier molecular flexibility index (Phi) is 3.23. The number of halogens is 6. The summed E-state index contributed by atoms with van der Waals surface area (Å²) in [5.74, 6) is -1.33. The summed E-state index contributed by atoms with van der Waals surface area (Å²) in [6.45, 7) is 0. The molecule has 1 aliphatic rings. The number of nitrogens with zero attached hydrogens (tertiary/aromatic N) is 1. The van der Waals surface area contributed by atoms with Crippen molar-refractivity contribution < 1.29 is 41.1 Å². The van der Waals surface area contributed by atoms with Gasteiger partial charge in [0.25, 0.3) is 11.5 Å². The van der Waals surface area contributed by atoms with Crippen LogP contribution in [0.3, 0.4) is 0 Å². The van der Waals surface area contributed by atoms with Gasteiger partial charge in [0, 0.05) is 6.42 Å². The second-order valence-electron chi connectivity index (χ2n) is 3.46. The Morgan fingerprint density at radius 2 is 1.72 bits per heavy atom. The number of rotatable bonds is 2. The fourth-order valence-corrected chi connectivity index (χ4v) is 1.27. The van der Waals surface area contributed by atoms with Gasteiger partial charge in [0.15, 0.2) is 6.10 Å². The van der Waals surface area contributed by atoms with Crippen LogP contribution in [0.25, 0.3) is 0 Å². The van der Waals surface area contributed by atoms with Gasteiger partial charge in [-0.2, -0.15) is 26.3 Å². The van der Waals surface area contributed by atoms with E-state index in [2.05, 4.69) is 15.7 Å². The fraction of sp³-hybridized carbons (Fsp3) is 0.714. The third kappa shape index (κ3) is 2.09. The van der Waals surface area contributed by atoms with Crippen LogP contribution in [0.2, 0.25) is 0 Å². The lowest BCUT2D eigenvalue weighted by Crippen LogP contribution is -2.64. The van der Waals surface area contributed by atoms with Gasteiger partial charge in [-0.1, -0.05) is 5.16 Å². The number of primary amides is 1. The van der Waals surface area contributed by atoms with Gasteiger partial charge >= 0.3 is 12.4 Å². The Hall–Kier alpha value is -1.52. The van der Waals surface area contributed by atoms with Crippen molar-refractivity contribution >= 4 is 11.6 Å². The zero-order chi connectivity index (χ0) is 14.4. The van der Waals surface area contributed by atoms with E-state index in [4.69, 9.17) is 5.11 Å². The van der Waals surface area contributed by atoms with Crippen molar-refractivity contribution in [3.63, 3.8) is 0 Å². The predicted molar refractivity (Wildman–Crippen MR) is 43.2 cm³/mol. The van der Waals surface area contributed by atoms with Crippen LogP contribution in [0.1, 0.15) is 6.42 Å². The first-order chi connectivity index (χ1) is 7.91. The number of hydrogen-bond acceptors (Lipinski definition) is 4. The molecule has 1 amide bonds. The zero-order valence-corrected chi connectivity index (χ0v) is 8.34. The van der Waals surface area contributed by atoms with Crippen LogP contribution in [0.5, 0.6) is 0 Å². The molecule has 0 bridgehead atoms. The molecule has 1 aliphatic heterocycles. The molecule has 0 spiro atoms. The van der Waals surface area contributed by atoms with E-state index in [1.807, 2.05) is 0 Å². The molecule has 104 valence electrons. The minimum Gasteiger partial charge on any atom is -0.388 e. The Morgan fingerprint density at radius 1 is 1.28 bits per heavy atom. The molecule has 1 heterocycles. The number of carbonyl (C=O) groups excluding carboxylic acids is 1. The second-order valence-corrected chi connectivity index (χ2v) is 3.46. The monoisotopic (exact) mass is 280 g/mol. The van der Waals surface area contributed by atoms with Crippen LogP contribution >= 0.6 is 0 Å². The number of oxime groups is 1. The number of carbonyl (C=O) groups is 1. The Morgan fingerprint density at radius 3 is 2.00 bits per heavy atom. The average Bonchev–Trinajstić information content (AvgIpc) is 2.61. The molecule has 3 N–H and O–H groups in total. The van der Waals surface area contributed by atoms with Crippen molar-refractivity contribution in [2.45, 2.75) is 30.5 Å². The summed E-state index contributed by atoms with van der Waals surface area (Å²) in [7, 11) is 0. The zero-order valence-electron chi connectivity index (χ0n) is 8.34. The molecule has 0 fully saturated rings. The Bertz CT molecular complexity index is 374. The summed E-state index contributed by atoms with van der Waals surface area (Å²) >= 11 is 0. The van der Waals surface area contributed by atoms with Crippen LogP contribution in [0.15, 0.2) is 5.16 Å². The smallest absolute Gasteiger partial charge is 0.388 e. The van der Waals surface area contributed by atoms with Gasteiger partial charge < -0.3 is 15.7 Å². The highest BCUT2D eigenvalue weighted by Gasteiger charge is 2.76. The highest BCUT2D eigenvalue weighted by atomic mass is 19.4. The highest BCUT2D eigenvalue weighted by Crippen LogP contribution is 2.47. The molecular formula is C7H6F6N2O3. The summed E-state index contributed by atoms with van der Waals surface area (Å²) in [6, 6.07) is 0. The first-order valence-electron chi connectivity index (χ1n) is 4.29. The number of hydrogen-bond donors (Lipinski definition) is 2. The van der Waals surface area contributed by atoms with Gasteiger partial charge in [-0.3, -0.25) is 4.79 Å². The maximum Gasteiger partial charge on any atom is 0.430 e. The molecule has 18 heavy (non-hydrogen) atoms. The summed E-state index contributed by atoms with van der Waals surface area (Å²) in [4.78, 5) is 14.4. The number of amides is 1. The lowest BCUT2D eigenvalue weighted by atomic mass is 9.91. The molecule has 0 saturated carbocycles. The number of alkyl halides is 6. The molecular weight excluding hydrogens is 274 g/mol. The first-order valence-corrected chi connectivity index (χ1v) is 4.29. The van der Waals surface area contributed by atoms with Crippen molar-refractivity contribution in [2.24, 2.45) is 10.9 Å². The molecule has 0 aromatic carbocycles. The van der Waals surface area contributed by atoms with Gasteiger partial charge in [-0.05, 0) is 0 Å². The quantitative estimate of drug-likeness (QED) is 0.721. The Balaban J connectivity index is 3.08. The summed E-state index contributed by atoms with van der Waals surface area (Å²) in [6.07, 6.45) is -16.1. The summed E-state index contributed by atoms with van der Waals surface area (Å²) in [5, 5.41) is 11.6. The van der Waals surface area contributed by atoms with E-state index < -0.39 is 42.1 Å². The molecule has 5 nitrogen and oxygen atoms in total. The molecule has 1 unspecified atom stereocenters. The van der Waals surface area contributed by atoms with E-state index in [9.17, 15) is 31.1 Å². The standard InChI is InChI=1S/C7H6F6N2O3/c8-6(9,10)5(17,7(11,12)13)3-1-2(4(14)16)15-18-3/h3,17H,1H2,(H2,14,16). The van der Waals surface area contributed by atoms with Crippen molar-refractivity contribution in [2.75, 3.05) is 0 Å². The number of aliphatic hydroxyl groups is 1. The molecule has 1 rings (SSSR count). The minimum absolute atomic E-state index is 0.813. The van der Waals surface area contributed by atoms with E-state index in [0.717, 1.165) is 0 Å². The van der Waals surface area contributed by atoms with E-state index in [1.165, 1.54) is 0 Å². The van der Waals surface area contributed by atoms with Crippen molar-refractivity contribution in [3.05, 3.63) is 0 Å². The van der Waals surface area contributed by atoms with E-state index in [0.29, 0.717) is 0 Å². The largest absolute Gasteiger partial charge is 0.430 e. The van der Waals surface area contributed by atoms with E-state index in [1.54, 1.807) is 0 Å². The van der Waals surface area contributed by atoms with Gasteiger partial charge in [0.1, 0.15) is 5.71 Å². The van der Waals surface area contributed by atoms with Crippen LogP contribution < -0.4 is 5.73 Å². The molecule has 0 aliphatic carbocycles. The van der Waals surface area contributed by atoms with Crippen molar-refractivity contribution in [3.8, 4) is 0 Å². The predicted octanol–water partition coefficient (Wildman–Crippen LogP) is 0.472. The van der Waals surface area contributed by atoms with Gasteiger partial charge in [-0.15, -0.1) is 0 Å². The lowest BCUT2D eigenvalue weighted by Gasteiger charge is -2.34. The van der Waals surface area contributed by atoms with Crippen molar-refractivity contribution in [1.29, 1.82) is 0 Å². The lowest BCUT2D eigenvalue weighted by molar-refractivity contribution is -0.392. The first kappa shape index (κ1) is 14.5. The van der Waals surface area contributed by atoms with Crippen LogP contribution in [0, 0.1) is 0 Å². The van der Waals surface area contributed by atoms with Crippen LogP contribution in [-0.2, 0) is 9.63 Å². The molecule has 11 heteroatoms. The minimum atomic E-state index is -6.04. The second kappa shape index (κ2) is 4.00. The maximum atomic E-state index is 12.4. The topological polar surface area (TPSA) is 84.9 Å². The molecule has 0 radical (unpaired) electrons. The van der Waals surface area contributed by atoms with Crippen molar-refractivity contribution in [1.82, 2.24) is 0 Å². The van der Waals surface area contributed by atoms with Gasteiger partial charge in [0.05, 0.1) is 0 Å². The molecule has 0 aromatic rings.